The molecule has 1 aromatic rings. The molecule has 0 N–H and O–H groups in total. The van der Waals surface area contributed by atoms with E-state index in [9.17, 15) is 18.9 Å². The van der Waals surface area contributed by atoms with E-state index in [4.69, 9.17) is 0 Å². The zero-order valence-corrected chi connectivity index (χ0v) is 9.91. The molecule has 0 aromatic heterocycles. The van der Waals surface area contributed by atoms with Crippen LogP contribution in [-0.2, 0) is 6.42 Å². The van der Waals surface area contributed by atoms with Crippen LogP contribution in [-0.4, -0.2) is 10.3 Å². The lowest BCUT2D eigenvalue weighted by atomic mass is 10.0. The molecule has 0 aliphatic heterocycles. The topological polar surface area (TPSA) is 43.1 Å². The molecule has 0 atom stereocenters. The molecule has 0 aliphatic rings. The Balaban J connectivity index is 3.04. The Morgan fingerprint density at radius 2 is 2.12 bits per heavy atom. The molecule has 6 heteroatoms. The van der Waals surface area contributed by atoms with Gasteiger partial charge in [0.1, 0.15) is 0 Å². The number of nitro groups is 1. The van der Waals surface area contributed by atoms with Crippen LogP contribution in [0, 0.1) is 10.1 Å². The lowest BCUT2D eigenvalue weighted by Gasteiger charge is -2.07. The Labute approximate surface area is 99.7 Å². The van der Waals surface area contributed by atoms with Crippen molar-refractivity contribution < 1.29 is 13.7 Å². The van der Waals surface area contributed by atoms with Gasteiger partial charge in [-0.05, 0) is 18.4 Å². The molecule has 0 aliphatic carbocycles. The standard InChI is InChI=1S/C10H10BrF2NO2/c11-5-1-2-7-3-4-8(14(15)16)6-9(7)10(12)13/h3-4,6,10H,1-2,5H2. The second kappa shape index (κ2) is 5.89. The van der Waals surface area contributed by atoms with Gasteiger partial charge in [-0.3, -0.25) is 10.1 Å². The van der Waals surface area contributed by atoms with E-state index in [1.165, 1.54) is 12.1 Å². The van der Waals surface area contributed by atoms with E-state index in [1.807, 2.05) is 0 Å². The Bertz CT molecular complexity index is 385. The van der Waals surface area contributed by atoms with E-state index in [1.54, 1.807) is 0 Å². The first kappa shape index (κ1) is 13.0. The second-order valence-electron chi connectivity index (χ2n) is 3.23. The Morgan fingerprint density at radius 3 is 2.62 bits per heavy atom. The van der Waals surface area contributed by atoms with Crippen molar-refractivity contribution in [1.29, 1.82) is 0 Å². The third-order valence-corrected chi connectivity index (χ3v) is 2.72. The largest absolute Gasteiger partial charge is 0.269 e. The molecule has 0 saturated carbocycles. The predicted octanol–water partition coefficient (Wildman–Crippen LogP) is 3.86. The van der Waals surface area contributed by atoms with Crippen molar-refractivity contribution in [3.05, 3.63) is 39.4 Å². The predicted molar refractivity (Wildman–Crippen MR) is 60.2 cm³/mol. The number of nitro benzene ring substituents is 1. The fourth-order valence-corrected chi connectivity index (χ4v) is 1.66. The fraction of sp³-hybridized carbons (Fsp3) is 0.400. The molecule has 0 bridgehead atoms. The van der Waals surface area contributed by atoms with Gasteiger partial charge >= 0.3 is 0 Å². The van der Waals surface area contributed by atoms with Crippen LogP contribution in [0.3, 0.4) is 0 Å². The van der Waals surface area contributed by atoms with Crippen molar-refractivity contribution in [3.8, 4) is 0 Å². The summed E-state index contributed by atoms with van der Waals surface area (Å²) < 4.78 is 25.3. The van der Waals surface area contributed by atoms with Crippen molar-refractivity contribution in [1.82, 2.24) is 0 Å². The highest BCUT2D eigenvalue weighted by atomic mass is 79.9. The summed E-state index contributed by atoms with van der Waals surface area (Å²) in [5.74, 6) is 0. The minimum atomic E-state index is -2.68. The third kappa shape index (κ3) is 3.23. The molecule has 0 spiro atoms. The first-order chi connectivity index (χ1) is 7.56. The van der Waals surface area contributed by atoms with Crippen LogP contribution in [0.2, 0.25) is 0 Å². The molecular formula is C10H10BrF2NO2. The first-order valence-electron chi connectivity index (χ1n) is 4.67. The van der Waals surface area contributed by atoms with E-state index >= 15 is 0 Å². The minimum Gasteiger partial charge on any atom is -0.258 e. The minimum absolute atomic E-state index is 0.241. The highest BCUT2D eigenvalue weighted by Gasteiger charge is 2.17. The molecule has 1 rings (SSSR count). The van der Waals surface area contributed by atoms with Crippen molar-refractivity contribution in [2.24, 2.45) is 0 Å². The molecule has 0 unspecified atom stereocenters. The van der Waals surface area contributed by atoms with Crippen LogP contribution in [0.4, 0.5) is 14.5 Å². The van der Waals surface area contributed by atoms with Crippen LogP contribution in [0.25, 0.3) is 0 Å². The molecule has 0 amide bonds. The average molecular weight is 294 g/mol. The van der Waals surface area contributed by atoms with E-state index < -0.39 is 11.3 Å². The quantitative estimate of drug-likeness (QED) is 0.470. The van der Waals surface area contributed by atoms with Gasteiger partial charge in [0.15, 0.2) is 0 Å². The summed E-state index contributed by atoms with van der Waals surface area (Å²) >= 11 is 3.21. The molecule has 0 heterocycles. The van der Waals surface area contributed by atoms with Gasteiger partial charge < -0.3 is 0 Å². The lowest BCUT2D eigenvalue weighted by Crippen LogP contribution is -1.98. The molecule has 0 radical (unpaired) electrons. The Morgan fingerprint density at radius 1 is 1.44 bits per heavy atom. The van der Waals surface area contributed by atoms with Crippen molar-refractivity contribution >= 4 is 21.6 Å². The first-order valence-corrected chi connectivity index (χ1v) is 5.79. The number of halogens is 3. The molecule has 0 fully saturated rings. The van der Waals surface area contributed by atoms with Gasteiger partial charge in [-0.25, -0.2) is 8.78 Å². The number of benzene rings is 1. The maximum Gasteiger partial charge on any atom is 0.269 e. The summed E-state index contributed by atoms with van der Waals surface area (Å²) in [6, 6.07) is 3.62. The second-order valence-corrected chi connectivity index (χ2v) is 4.03. The maximum atomic E-state index is 12.7. The number of hydrogen-bond acceptors (Lipinski definition) is 2. The van der Waals surface area contributed by atoms with Crippen LogP contribution in [0.15, 0.2) is 18.2 Å². The van der Waals surface area contributed by atoms with E-state index in [0.29, 0.717) is 17.3 Å². The van der Waals surface area contributed by atoms with Gasteiger partial charge in [0.2, 0.25) is 0 Å². The van der Waals surface area contributed by atoms with Crippen LogP contribution in [0.5, 0.6) is 0 Å². The summed E-state index contributed by atoms with van der Waals surface area (Å²) in [6.45, 7) is 0. The van der Waals surface area contributed by atoms with Gasteiger partial charge in [-0.2, -0.15) is 0 Å². The number of aryl methyl sites for hydroxylation is 1. The number of alkyl halides is 3. The monoisotopic (exact) mass is 293 g/mol. The van der Waals surface area contributed by atoms with Crippen LogP contribution < -0.4 is 0 Å². The zero-order chi connectivity index (χ0) is 12.1. The molecular weight excluding hydrogens is 284 g/mol. The van der Waals surface area contributed by atoms with Gasteiger partial charge in [0.05, 0.1) is 4.92 Å². The zero-order valence-electron chi connectivity index (χ0n) is 8.33. The summed E-state index contributed by atoms with van der Waals surface area (Å²) in [7, 11) is 0. The van der Waals surface area contributed by atoms with Crippen LogP contribution >= 0.6 is 15.9 Å². The highest BCUT2D eigenvalue weighted by molar-refractivity contribution is 9.09. The molecule has 16 heavy (non-hydrogen) atoms. The number of non-ortho nitro benzene ring substituents is 1. The normalized spacial score (nSPS) is 10.8. The van der Waals surface area contributed by atoms with Crippen molar-refractivity contribution in [3.63, 3.8) is 0 Å². The summed E-state index contributed by atoms with van der Waals surface area (Å²) in [5, 5.41) is 11.2. The lowest BCUT2D eigenvalue weighted by molar-refractivity contribution is -0.385. The van der Waals surface area contributed by atoms with E-state index in [2.05, 4.69) is 15.9 Å². The number of nitrogens with zero attached hydrogens (tertiary/aromatic N) is 1. The highest BCUT2D eigenvalue weighted by Crippen LogP contribution is 2.28. The molecule has 1 aromatic carbocycles. The summed E-state index contributed by atoms with van der Waals surface area (Å²) in [5.41, 5.74) is -0.0620. The van der Waals surface area contributed by atoms with E-state index in [-0.39, 0.29) is 11.3 Å². The smallest absolute Gasteiger partial charge is 0.258 e. The number of rotatable bonds is 5. The Hall–Kier alpha value is -1.04. The molecule has 0 saturated heterocycles. The number of hydrogen-bond donors (Lipinski definition) is 0. The van der Waals surface area contributed by atoms with Crippen molar-refractivity contribution in [2.45, 2.75) is 19.3 Å². The van der Waals surface area contributed by atoms with Crippen molar-refractivity contribution in [2.75, 3.05) is 5.33 Å². The molecule has 88 valence electrons. The Kier molecular flexibility index (Phi) is 4.79. The van der Waals surface area contributed by atoms with Crippen LogP contribution in [0.1, 0.15) is 24.0 Å². The summed E-state index contributed by atoms with van der Waals surface area (Å²) in [6.07, 6.45) is -1.47. The molecule has 3 nitrogen and oxygen atoms in total. The van der Waals surface area contributed by atoms with Gasteiger partial charge in [0.25, 0.3) is 12.1 Å². The van der Waals surface area contributed by atoms with Gasteiger partial charge in [-0.15, -0.1) is 0 Å². The van der Waals surface area contributed by atoms with Gasteiger partial charge in [0, 0.05) is 23.0 Å². The average Bonchev–Trinajstić information content (AvgIpc) is 2.25. The third-order valence-electron chi connectivity index (χ3n) is 2.16. The SMILES string of the molecule is O=[N+]([O-])c1ccc(CCCBr)c(C(F)F)c1. The fourth-order valence-electron chi connectivity index (χ4n) is 1.38. The van der Waals surface area contributed by atoms with E-state index in [0.717, 1.165) is 12.5 Å². The summed E-state index contributed by atoms with van der Waals surface area (Å²) in [4.78, 5) is 9.79. The van der Waals surface area contributed by atoms with Gasteiger partial charge in [-0.1, -0.05) is 22.0 Å². The maximum absolute atomic E-state index is 12.7.